The number of aromatic nitrogens is 2. The Morgan fingerprint density at radius 3 is 2.62 bits per heavy atom. The molecule has 0 bridgehead atoms. The number of nitrogens with one attached hydrogen (secondary N) is 1. The van der Waals surface area contributed by atoms with Gasteiger partial charge in [-0.3, -0.25) is 4.79 Å². The highest BCUT2D eigenvalue weighted by Crippen LogP contribution is 2.20. The average molecular weight is 390 g/mol. The summed E-state index contributed by atoms with van der Waals surface area (Å²) in [6, 6.07) is 14.4. The lowest BCUT2D eigenvalue weighted by molar-refractivity contribution is -0.113. The maximum atomic E-state index is 12.0. The molecule has 1 N–H and O–H groups in total. The molecule has 0 atom stereocenters. The molecule has 26 heavy (non-hydrogen) atoms. The Balaban J connectivity index is 1.47. The number of amides is 1. The van der Waals surface area contributed by atoms with Crippen molar-refractivity contribution in [1.82, 2.24) is 10.1 Å². The van der Waals surface area contributed by atoms with Crippen LogP contribution in [0.5, 0.6) is 5.75 Å². The largest absolute Gasteiger partial charge is 0.497 e. The number of carbonyl (C=O) groups is 1. The molecule has 0 saturated heterocycles. The predicted octanol–water partition coefficient (Wildman–Crippen LogP) is 4.27. The molecular formula is C18H16ClN3O3S. The number of halogens is 1. The van der Waals surface area contributed by atoms with Gasteiger partial charge in [0.2, 0.25) is 17.6 Å². The van der Waals surface area contributed by atoms with Gasteiger partial charge in [0, 0.05) is 16.3 Å². The fraction of sp³-hybridized carbons (Fsp3) is 0.167. The van der Waals surface area contributed by atoms with E-state index < -0.39 is 0 Å². The number of benzene rings is 2. The molecule has 0 radical (unpaired) electrons. The Kier molecular flexibility index (Phi) is 6.14. The van der Waals surface area contributed by atoms with Crippen LogP contribution >= 0.6 is 23.4 Å². The lowest BCUT2D eigenvalue weighted by Gasteiger charge is -2.05. The van der Waals surface area contributed by atoms with Gasteiger partial charge in [0.1, 0.15) is 5.75 Å². The van der Waals surface area contributed by atoms with Gasteiger partial charge in [-0.25, -0.2) is 0 Å². The highest BCUT2D eigenvalue weighted by molar-refractivity contribution is 7.99. The lowest BCUT2D eigenvalue weighted by Crippen LogP contribution is -2.14. The molecule has 0 aliphatic rings. The molecule has 134 valence electrons. The smallest absolute Gasteiger partial charge is 0.236 e. The second-order valence-corrected chi connectivity index (χ2v) is 6.71. The zero-order valence-electron chi connectivity index (χ0n) is 13.9. The maximum absolute atomic E-state index is 12.0. The van der Waals surface area contributed by atoms with Crippen molar-refractivity contribution in [3.05, 3.63) is 59.4 Å². The van der Waals surface area contributed by atoms with Gasteiger partial charge < -0.3 is 14.6 Å². The first-order valence-corrected chi connectivity index (χ1v) is 9.27. The summed E-state index contributed by atoms with van der Waals surface area (Å²) >= 11 is 7.26. The second-order valence-electron chi connectivity index (χ2n) is 5.29. The lowest BCUT2D eigenvalue weighted by atomic mass is 10.2. The van der Waals surface area contributed by atoms with E-state index in [4.69, 9.17) is 20.9 Å². The minimum Gasteiger partial charge on any atom is -0.497 e. The number of hydrogen-bond donors (Lipinski definition) is 1. The summed E-state index contributed by atoms with van der Waals surface area (Å²) in [6.07, 6.45) is 0. The van der Waals surface area contributed by atoms with E-state index in [-0.39, 0.29) is 11.7 Å². The number of anilines is 1. The monoisotopic (exact) mass is 389 g/mol. The topological polar surface area (TPSA) is 77.2 Å². The standard InChI is InChI=1S/C18H16ClN3O3S/c1-24-15-8-6-14(7-9-15)20-16(23)10-26-11-17-21-18(22-25-17)12-2-4-13(19)5-3-12/h2-9H,10-11H2,1H3,(H,20,23). The Labute approximate surface area is 159 Å². The quantitative estimate of drug-likeness (QED) is 0.650. The maximum Gasteiger partial charge on any atom is 0.236 e. The van der Waals surface area contributed by atoms with E-state index in [0.717, 1.165) is 17.0 Å². The van der Waals surface area contributed by atoms with Crippen LogP contribution in [0.2, 0.25) is 5.02 Å². The van der Waals surface area contributed by atoms with Crippen LogP contribution in [0.1, 0.15) is 5.89 Å². The van der Waals surface area contributed by atoms with Crippen molar-refractivity contribution in [2.45, 2.75) is 5.75 Å². The Morgan fingerprint density at radius 2 is 1.92 bits per heavy atom. The van der Waals surface area contributed by atoms with E-state index in [1.807, 2.05) is 12.1 Å². The first-order chi connectivity index (χ1) is 12.6. The summed E-state index contributed by atoms with van der Waals surface area (Å²) in [6.45, 7) is 0. The van der Waals surface area contributed by atoms with E-state index in [1.165, 1.54) is 11.8 Å². The van der Waals surface area contributed by atoms with Crippen LogP contribution in [0.3, 0.4) is 0 Å². The molecule has 0 fully saturated rings. The van der Waals surface area contributed by atoms with Crippen molar-refractivity contribution >= 4 is 35.0 Å². The van der Waals surface area contributed by atoms with Crippen molar-refractivity contribution in [1.29, 1.82) is 0 Å². The zero-order valence-corrected chi connectivity index (χ0v) is 15.5. The average Bonchev–Trinajstić information content (AvgIpc) is 3.12. The van der Waals surface area contributed by atoms with Crippen molar-refractivity contribution in [2.24, 2.45) is 0 Å². The van der Waals surface area contributed by atoms with Gasteiger partial charge in [-0.05, 0) is 48.5 Å². The Hall–Kier alpha value is -2.51. The summed E-state index contributed by atoms with van der Waals surface area (Å²) in [7, 11) is 1.60. The fourth-order valence-electron chi connectivity index (χ4n) is 2.13. The SMILES string of the molecule is COc1ccc(NC(=O)CSCc2nc(-c3ccc(Cl)cc3)no2)cc1. The molecule has 3 rings (SSSR count). The molecule has 0 aliphatic carbocycles. The molecular weight excluding hydrogens is 374 g/mol. The van der Waals surface area contributed by atoms with Crippen LogP contribution in [0.25, 0.3) is 11.4 Å². The minimum atomic E-state index is -0.0994. The van der Waals surface area contributed by atoms with Crippen LogP contribution in [0.4, 0.5) is 5.69 Å². The predicted molar refractivity (Wildman–Crippen MR) is 103 cm³/mol. The van der Waals surface area contributed by atoms with Gasteiger partial charge in [0.15, 0.2) is 0 Å². The third-order valence-corrected chi connectivity index (χ3v) is 4.57. The first-order valence-electron chi connectivity index (χ1n) is 7.74. The van der Waals surface area contributed by atoms with E-state index in [2.05, 4.69) is 15.5 Å². The molecule has 6 nitrogen and oxygen atoms in total. The molecule has 3 aromatic rings. The normalized spacial score (nSPS) is 10.5. The molecule has 8 heteroatoms. The molecule has 2 aromatic carbocycles. The number of ether oxygens (including phenoxy) is 1. The number of hydrogen-bond acceptors (Lipinski definition) is 6. The highest BCUT2D eigenvalue weighted by atomic mass is 35.5. The molecule has 0 spiro atoms. The van der Waals surface area contributed by atoms with Gasteiger partial charge in [0.25, 0.3) is 0 Å². The fourth-order valence-corrected chi connectivity index (χ4v) is 2.91. The summed E-state index contributed by atoms with van der Waals surface area (Å²) in [5.41, 5.74) is 1.55. The van der Waals surface area contributed by atoms with Crippen LogP contribution in [0, 0.1) is 0 Å². The molecule has 0 saturated carbocycles. The van der Waals surface area contributed by atoms with Gasteiger partial charge in [-0.2, -0.15) is 4.98 Å². The highest BCUT2D eigenvalue weighted by Gasteiger charge is 2.10. The zero-order chi connectivity index (χ0) is 18.4. The number of methoxy groups -OCH3 is 1. The first kappa shape index (κ1) is 18.3. The van der Waals surface area contributed by atoms with Crippen molar-refractivity contribution in [2.75, 3.05) is 18.2 Å². The number of nitrogens with zero attached hydrogens (tertiary/aromatic N) is 2. The van der Waals surface area contributed by atoms with Gasteiger partial charge in [-0.1, -0.05) is 16.8 Å². The second kappa shape index (κ2) is 8.73. The molecule has 0 aliphatic heterocycles. The summed E-state index contributed by atoms with van der Waals surface area (Å²) in [5, 5.41) is 7.41. The van der Waals surface area contributed by atoms with Gasteiger partial charge in [0.05, 0.1) is 18.6 Å². The minimum absolute atomic E-state index is 0.0994. The number of rotatable bonds is 7. The summed E-state index contributed by atoms with van der Waals surface area (Å²) in [5.74, 6) is 2.35. The van der Waals surface area contributed by atoms with E-state index in [9.17, 15) is 4.79 Å². The van der Waals surface area contributed by atoms with Crippen molar-refractivity contribution in [3.8, 4) is 17.1 Å². The van der Waals surface area contributed by atoms with Gasteiger partial charge >= 0.3 is 0 Å². The van der Waals surface area contributed by atoms with Crippen molar-refractivity contribution in [3.63, 3.8) is 0 Å². The third kappa shape index (κ3) is 5.00. The van der Waals surface area contributed by atoms with E-state index in [1.54, 1.807) is 43.5 Å². The number of carbonyl (C=O) groups excluding carboxylic acids is 1. The number of thioether (sulfide) groups is 1. The molecule has 1 heterocycles. The van der Waals surface area contributed by atoms with Crippen LogP contribution in [-0.4, -0.2) is 28.9 Å². The molecule has 0 unspecified atom stereocenters. The van der Waals surface area contributed by atoms with Gasteiger partial charge in [-0.15, -0.1) is 11.8 Å². The van der Waals surface area contributed by atoms with Crippen LogP contribution in [-0.2, 0) is 10.5 Å². The Bertz CT molecular complexity index is 866. The Morgan fingerprint density at radius 1 is 1.19 bits per heavy atom. The van der Waals surface area contributed by atoms with E-state index >= 15 is 0 Å². The van der Waals surface area contributed by atoms with E-state index in [0.29, 0.717) is 22.5 Å². The summed E-state index contributed by atoms with van der Waals surface area (Å²) in [4.78, 5) is 16.3. The van der Waals surface area contributed by atoms with Crippen LogP contribution in [0.15, 0.2) is 53.1 Å². The molecule has 1 amide bonds. The summed E-state index contributed by atoms with van der Waals surface area (Å²) < 4.78 is 10.3. The van der Waals surface area contributed by atoms with Crippen LogP contribution < -0.4 is 10.1 Å². The third-order valence-electron chi connectivity index (χ3n) is 3.40. The molecule has 1 aromatic heterocycles. The van der Waals surface area contributed by atoms with Crippen molar-refractivity contribution < 1.29 is 14.1 Å².